The van der Waals surface area contributed by atoms with E-state index < -0.39 is 33.5 Å². The minimum atomic E-state index is -3.60. The van der Waals surface area contributed by atoms with Gasteiger partial charge in [0.05, 0.1) is 10.8 Å². The summed E-state index contributed by atoms with van der Waals surface area (Å²) in [5.74, 6) is -2.64. The Hall–Kier alpha value is -2.85. The number of nitrogens with zero attached hydrogens (tertiary/aromatic N) is 2. The Bertz CT molecular complexity index is 1140. The lowest BCUT2D eigenvalue weighted by Crippen LogP contribution is -2.37. The van der Waals surface area contributed by atoms with Gasteiger partial charge in [-0.05, 0) is 55.2 Å². The Labute approximate surface area is 191 Å². The summed E-state index contributed by atoms with van der Waals surface area (Å²) < 4.78 is 54.0. The zero-order valence-corrected chi connectivity index (χ0v) is 18.9. The molecule has 2 aromatic rings. The summed E-state index contributed by atoms with van der Waals surface area (Å²) in [5.41, 5.74) is 0.461. The number of carbonyl (C=O) groups excluding carboxylic acids is 2. The van der Waals surface area contributed by atoms with Crippen molar-refractivity contribution in [1.82, 2.24) is 4.31 Å². The lowest BCUT2D eigenvalue weighted by Gasteiger charge is -2.29. The van der Waals surface area contributed by atoms with Gasteiger partial charge in [0.25, 0.3) is 0 Å². The molecule has 0 aromatic heterocycles. The number of anilines is 2. The minimum absolute atomic E-state index is 0.0231. The lowest BCUT2D eigenvalue weighted by atomic mass is 10.0. The number of hydrogen-bond acceptors (Lipinski definition) is 4. The monoisotopic (exact) mass is 477 g/mol. The van der Waals surface area contributed by atoms with Crippen LogP contribution in [0.1, 0.15) is 26.2 Å². The molecule has 2 amide bonds. The van der Waals surface area contributed by atoms with E-state index in [4.69, 9.17) is 0 Å². The number of halogens is 2. The summed E-state index contributed by atoms with van der Waals surface area (Å²) in [6, 6.07) is 8.75. The molecule has 176 valence electrons. The Balaban J connectivity index is 1.43. The number of hydrogen-bond donors (Lipinski definition) is 1. The maximum Gasteiger partial charge on any atom is 0.243 e. The molecule has 2 aliphatic rings. The number of sulfonamides is 1. The molecule has 2 heterocycles. The van der Waals surface area contributed by atoms with Crippen molar-refractivity contribution in [3.8, 4) is 0 Å². The van der Waals surface area contributed by atoms with E-state index in [0.29, 0.717) is 30.8 Å². The van der Waals surface area contributed by atoms with Crippen molar-refractivity contribution in [1.29, 1.82) is 0 Å². The van der Waals surface area contributed by atoms with E-state index in [1.54, 1.807) is 12.1 Å². The molecule has 2 saturated heterocycles. The molecule has 7 nitrogen and oxygen atoms in total. The van der Waals surface area contributed by atoms with E-state index in [0.717, 1.165) is 25.0 Å². The molecule has 1 N–H and O–H groups in total. The van der Waals surface area contributed by atoms with Gasteiger partial charge < -0.3 is 10.2 Å². The van der Waals surface area contributed by atoms with Gasteiger partial charge in [0, 0.05) is 43.5 Å². The van der Waals surface area contributed by atoms with Crippen LogP contribution in [0.5, 0.6) is 0 Å². The van der Waals surface area contributed by atoms with Crippen LogP contribution in [0.2, 0.25) is 0 Å². The quantitative estimate of drug-likeness (QED) is 0.715. The van der Waals surface area contributed by atoms with Crippen LogP contribution in [-0.2, 0) is 19.6 Å². The molecule has 0 spiro atoms. The van der Waals surface area contributed by atoms with Gasteiger partial charge in [0.15, 0.2) is 0 Å². The first-order valence-corrected chi connectivity index (χ1v) is 12.2. The minimum Gasteiger partial charge on any atom is -0.326 e. The van der Waals surface area contributed by atoms with Crippen molar-refractivity contribution in [3.63, 3.8) is 0 Å². The van der Waals surface area contributed by atoms with E-state index in [1.807, 2.05) is 0 Å². The molecule has 2 aromatic carbocycles. The fraction of sp³-hybridized carbons (Fsp3) is 0.391. The first-order valence-electron chi connectivity index (χ1n) is 10.8. The van der Waals surface area contributed by atoms with Crippen LogP contribution in [-0.4, -0.2) is 44.2 Å². The number of nitrogens with one attached hydrogen (secondary N) is 1. The topological polar surface area (TPSA) is 86.8 Å². The van der Waals surface area contributed by atoms with Gasteiger partial charge >= 0.3 is 0 Å². The SMILES string of the molecule is CC1CCN(S(=O)(=O)c2ccc(N3C[C@@H](C(=O)Nc4cc(F)cc(F)c4)CC3=O)cc2)CC1. The van der Waals surface area contributed by atoms with E-state index in [-0.39, 0.29) is 29.5 Å². The number of amides is 2. The summed E-state index contributed by atoms with van der Waals surface area (Å²) >= 11 is 0. The Morgan fingerprint density at radius 3 is 2.24 bits per heavy atom. The van der Waals surface area contributed by atoms with Crippen molar-refractivity contribution in [2.45, 2.75) is 31.1 Å². The molecule has 4 rings (SSSR count). The summed E-state index contributed by atoms with van der Waals surface area (Å²) in [4.78, 5) is 26.6. The maximum absolute atomic E-state index is 13.4. The molecule has 1 atom stereocenters. The number of rotatable bonds is 5. The second-order valence-electron chi connectivity index (χ2n) is 8.63. The highest BCUT2D eigenvalue weighted by Crippen LogP contribution is 2.29. The zero-order chi connectivity index (χ0) is 23.8. The third kappa shape index (κ3) is 5.06. The molecule has 0 saturated carbocycles. The van der Waals surface area contributed by atoms with Crippen LogP contribution in [0.4, 0.5) is 20.2 Å². The highest BCUT2D eigenvalue weighted by Gasteiger charge is 2.35. The third-order valence-corrected chi connectivity index (χ3v) is 8.07. The molecular formula is C23H25F2N3O4S. The Morgan fingerprint density at radius 1 is 1.03 bits per heavy atom. The smallest absolute Gasteiger partial charge is 0.243 e. The second-order valence-corrected chi connectivity index (χ2v) is 10.6. The van der Waals surface area contributed by atoms with Gasteiger partial charge in [0.1, 0.15) is 11.6 Å². The van der Waals surface area contributed by atoms with E-state index in [9.17, 15) is 26.8 Å². The van der Waals surface area contributed by atoms with Crippen LogP contribution in [0.25, 0.3) is 0 Å². The largest absolute Gasteiger partial charge is 0.326 e. The normalized spacial score (nSPS) is 20.3. The van der Waals surface area contributed by atoms with E-state index >= 15 is 0 Å². The van der Waals surface area contributed by atoms with Gasteiger partial charge in [-0.25, -0.2) is 17.2 Å². The fourth-order valence-electron chi connectivity index (χ4n) is 4.18. The average Bonchev–Trinajstić information content (AvgIpc) is 3.15. The number of carbonyl (C=O) groups is 2. The predicted molar refractivity (Wildman–Crippen MR) is 119 cm³/mol. The molecule has 0 aliphatic carbocycles. The van der Waals surface area contributed by atoms with Crippen LogP contribution in [0.3, 0.4) is 0 Å². The van der Waals surface area contributed by atoms with Crippen molar-refractivity contribution >= 4 is 33.2 Å². The summed E-state index contributed by atoms with van der Waals surface area (Å²) in [7, 11) is -3.60. The first kappa shape index (κ1) is 23.3. The molecular weight excluding hydrogens is 452 g/mol. The van der Waals surface area contributed by atoms with Gasteiger partial charge in [-0.15, -0.1) is 0 Å². The highest BCUT2D eigenvalue weighted by molar-refractivity contribution is 7.89. The third-order valence-electron chi connectivity index (χ3n) is 6.15. The van der Waals surface area contributed by atoms with Crippen molar-refractivity contribution < 1.29 is 26.8 Å². The predicted octanol–water partition coefficient (Wildman–Crippen LogP) is 3.38. The summed E-state index contributed by atoms with van der Waals surface area (Å²) in [5, 5.41) is 2.44. The Morgan fingerprint density at radius 2 is 1.64 bits per heavy atom. The standard InChI is InChI=1S/C23H25F2N3O4S/c1-15-6-8-27(9-7-15)33(31,32)21-4-2-20(3-5-21)28-14-16(10-22(28)29)23(30)26-19-12-17(24)11-18(25)13-19/h2-5,11-13,15-16H,6-10,14H2,1H3,(H,26,30)/t16-/m0/s1. The molecule has 2 aliphatic heterocycles. The maximum atomic E-state index is 13.4. The van der Waals surface area contributed by atoms with Crippen molar-refractivity contribution in [2.24, 2.45) is 11.8 Å². The zero-order valence-electron chi connectivity index (χ0n) is 18.1. The molecule has 0 bridgehead atoms. The van der Waals surface area contributed by atoms with E-state index in [1.165, 1.54) is 21.3 Å². The van der Waals surface area contributed by atoms with Crippen LogP contribution < -0.4 is 10.2 Å². The van der Waals surface area contributed by atoms with Crippen LogP contribution in [0.15, 0.2) is 47.4 Å². The average molecular weight is 478 g/mol. The fourth-order valence-corrected chi connectivity index (χ4v) is 5.65. The number of benzene rings is 2. The molecule has 33 heavy (non-hydrogen) atoms. The molecule has 2 fully saturated rings. The van der Waals surface area contributed by atoms with Gasteiger partial charge in [-0.1, -0.05) is 6.92 Å². The summed E-state index contributed by atoms with van der Waals surface area (Å²) in [6.45, 7) is 3.16. The van der Waals surface area contributed by atoms with Crippen molar-refractivity contribution in [3.05, 3.63) is 54.1 Å². The Kier molecular flexibility index (Phi) is 6.49. The van der Waals surface area contributed by atoms with Gasteiger partial charge in [0.2, 0.25) is 21.8 Å². The lowest BCUT2D eigenvalue weighted by molar-refractivity contribution is -0.122. The molecule has 0 radical (unpaired) electrons. The molecule has 10 heteroatoms. The highest BCUT2D eigenvalue weighted by atomic mass is 32.2. The van der Waals surface area contributed by atoms with Crippen molar-refractivity contribution in [2.75, 3.05) is 29.9 Å². The molecule has 0 unspecified atom stereocenters. The van der Waals surface area contributed by atoms with Crippen LogP contribution >= 0.6 is 0 Å². The first-order chi connectivity index (χ1) is 15.6. The summed E-state index contributed by atoms with van der Waals surface area (Å²) in [6.07, 6.45) is 1.59. The van der Waals surface area contributed by atoms with E-state index in [2.05, 4.69) is 12.2 Å². The second kappa shape index (κ2) is 9.18. The van der Waals surface area contributed by atoms with Gasteiger partial charge in [-0.3, -0.25) is 9.59 Å². The van der Waals surface area contributed by atoms with Crippen LogP contribution in [0, 0.1) is 23.5 Å². The number of piperidine rings is 1. The van der Waals surface area contributed by atoms with Gasteiger partial charge in [-0.2, -0.15) is 4.31 Å².